The molecule has 1 heterocycles. The average molecular weight is 443 g/mol. The van der Waals surface area contributed by atoms with Gasteiger partial charge in [-0.05, 0) is 47.7 Å². The van der Waals surface area contributed by atoms with Gasteiger partial charge in [0.15, 0.2) is 16.7 Å². The molecule has 0 bridgehead atoms. The van der Waals surface area contributed by atoms with Crippen molar-refractivity contribution in [3.8, 4) is 11.5 Å². The second kappa shape index (κ2) is 10.4. The van der Waals surface area contributed by atoms with Crippen LogP contribution in [0.25, 0.3) is 0 Å². The molecule has 1 fully saturated rings. The van der Waals surface area contributed by atoms with E-state index in [0.717, 1.165) is 17.8 Å². The highest BCUT2D eigenvalue weighted by atomic mass is 32.2. The second-order valence-corrected chi connectivity index (χ2v) is 7.06. The highest BCUT2D eigenvalue weighted by Crippen LogP contribution is 2.24. The lowest BCUT2D eigenvalue weighted by Gasteiger charge is -2.11. The fourth-order valence-corrected chi connectivity index (χ4v) is 3.24. The molecule has 0 saturated carbocycles. The predicted octanol–water partition coefficient (Wildman–Crippen LogP) is 3.02. The number of rotatable bonds is 7. The van der Waals surface area contributed by atoms with Crippen LogP contribution in [0.4, 0.5) is 4.39 Å². The van der Waals surface area contributed by atoms with E-state index in [2.05, 4.69) is 20.3 Å². The number of para-hydroxylation sites is 1. The van der Waals surface area contributed by atoms with Crippen molar-refractivity contribution in [2.45, 2.75) is 6.61 Å². The van der Waals surface area contributed by atoms with Crippen LogP contribution in [-0.2, 0) is 20.9 Å². The Bertz CT molecular complexity index is 1080. The van der Waals surface area contributed by atoms with E-state index < -0.39 is 17.7 Å². The summed E-state index contributed by atoms with van der Waals surface area (Å²) < 4.78 is 29.1. The molecule has 1 amide bonds. The summed E-state index contributed by atoms with van der Waals surface area (Å²) in [5.74, 6) is -0.824. The Morgan fingerprint density at radius 1 is 1.19 bits per heavy atom. The first-order chi connectivity index (χ1) is 15.0. The van der Waals surface area contributed by atoms with Crippen LogP contribution in [0.2, 0.25) is 0 Å². The second-order valence-electron chi connectivity index (χ2n) is 6.03. The fourth-order valence-electron chi connectivity index (χ4n) is 2.50. The summed E-state index contributed by atoms with van der Waals surface area (Å²) in [4.78, 5) is 23.2. The lowest BCUT2D eigenvalue weighted by Crippen LogP contribution is -2.19. The first-order valence-electron chi connectivity index (χ1n) is 8.94. The number of hydrogen-bond acceptors (Lipinski definition) is 8. The first kappa shape index (κ1) is 22.0. The van der Waals surface area contributed by atoms with Gasteiger partial charge in [0.1, 0.15) is 12.4 Å². The molecule has 0 atom stereocenters. The van der Waals surface area contributed by atoms with Crippen LogP contribution in [-0.4, -0.2) is 37.5 Å². The van der Waals surface area contributed by atoms with Gasteiger partial charge in [-0.15, -0.1) is 5.10 Å². The van der Waals surface area contributed by atoms with Crippen molar-refractivity contribution in [3.63, 3.8) is 0 Å². The van der Waals surface area contributed by atoms with Crippen molar-refractivity contribution in [2.24, 2.45) is 10.2 Å². The van der Waals surface area contributed by atoms with E-state index in [1.54, 1.807) is 36.4 Å². The molecule has 0 aliphatic carbocycles. The molecule has 2 aromatic rings. The Balaban J connectivity index is 1.70. The molecule has 10 heteroatoms. The zero-order valence-electron chi connectivity index (χ0n) is 16.6. The van der Waals surface area contributed by atoms with Crippen LogP contribution in [0.1, 0.15) is 11.1 Å². The molecule has 2 aromatic carbocycles. The highest BCUT2D eigenvalue weighted by molar-refractivity contribution is 8.18. The molecule has 0 aromatic heterocycles. The zero-order chi connectivity index (χ0) is 22.2. The Labute approximate surface area is 181 Å². The topological polar surface area (TPSA) is 98.6 Å². The van der Waals surface area contributed by atoms with Gasteiger partial charge < -0.3 is 14.2 Å². The van der Waals surface area contributed by atoms with Gasteiger partial charge in [-0.25, -0.2) is 9.18 Å². The van der Waals surface area contributed by atoms with E-state index in [4.69, 9.17) is 9.47 Å². The van der Waals surface area contributed by atoms with Crippen LogP contribution in [0.5, 0.6) is 11.5 Å². The minimum absolute atomic E-state index is 0.0912. The van der Waals surface area contributed by atoms with Crippen molar-refractivity contribution < 1.29 is 28.2 Å². The van der Waals surface area contributed by atoms with Crippen molar-refractivity contribution in [2.75, 3.05) is 14.2 Å². The number of carbonyl (C=O) groups excluding carboxylic acids is 2. The molecular formula is C21H18FN3O5S. The Morgan fingerprint density at radius 3 is 2.74 bits per heavy atom. The number of esters is 1. The molecule has 0 spiro atoms. The largest absolute Gasteiger partial charge is 0.496 e. The molecule has 0 radical (unpaired) electrons. The number of hydrogen-bond donors (Lipinski definition) is 1. The predicted molar refractivity (Wildman–Crippen MR) is 115 cm³/mol. The third-order valence-corrected chi connectivity index (χ3v) is 4.88. The minimum atomic E-state index is -0.634. The summed E-state index contributed by atoms with van der Waals surface area (Å²) in [6, 6.07) is 11.4. The summed E-state index contributed by atoms with van der Waals surface area (Å²) in [7, 11) is 2.75. The number of methoxy groups -OCH3 is 2. The SMILES string of the molecule is COC(=O)/C=C1/S/C(=N\N=Cc2ccc(OC)c(COc3ccccc3F)c2)NC1=O. The van der Waals surface area contributed by atoms with E-state index in [-0.39, 0.29) is 22.4 Å². The van der Waals surface area contributed by atoms with Crippen LogP contribution < -0.4 is 14.8 Å². The monoisotopic (exact) mass is 443 g/mol. The van der Waals surface area contributed by atoms with Crippen LogP contribution in [0.3, 0.4) is 0 Å². The zero-order valence-corrected chi connectivity index (χ0v) is 17.4. The van der Waals surface area contributed by atoms with Gasteiger partial charge in [-0.3, -0.25) is 10.1 Å². The van der Waals surface area contributed by atoms with Crippen LogP contribution in [0.15, 0.2) is 63.6 Å². The lowest BCUT2D eigenvalue weighted by molar-refractivity contribution is -0.135. The molecule has 1 aliphatic rings. The molecule has 8 nitrogen and oxygen atoms in total. The van der Waals surface area contributed by atoms with Gasteiger partial charge in [0.05, 0.1) is 25.3 Å². The summed E-state index contributed by atoms with van der Waals surface area (Å²) in [5, 5.41) is 10.6. The van der Waals surface area contributed by atoms with Crippen LogP contribution >= 0.6 is 11.8 Å². The maximum absolute atomic E-state index is 13.8. The third-order valence-electron chi connectivity index (χ3n) is 3.98. The van der Waals surface area contributed by atoms with Crippen molar-refractivity contribution in [1.29, 1.82) is 0 Å². The quantitative estimate of drug-likeness (QED) is 0.306. The molecular weight excluding hydrogens is 425 g/mol. The van der Waals surface area contributed by atoms with Crippen molar-refractivity contribution in [3.05, 3.63) is 70.4 Å². The summed E-state index contributed by atoms with van der Waals surface area (Å²) in [6.07, 6.45) is 2.56. The molecule has 1 aliphatic heterocycles. The van der Waals surface area contributed by atoms with Gasteiger partial charge >= 0.3 is 5.97 Å². The summed E-state index contributed by atoms with van der Waals surface area (Å²) in [6.45, 7) is 0.0912. The van der Waals surface area contributed by atoms with E-state index in [1.165, 1.54) is 26.5 Å². The van der Waals surface area contributed by atoms with Gasteiger partial charge in [0.2, 0.25) is 0 Å². The molecule has 1 saturated heterocycles. The van der Waals surface area contributed by atoms with Crippen LogP contribution in [0, 0.1) is 5.82 Å². The van der Waals surface area contributed by atoms with E-state index in [9.17, 15) is 14.0 Å². The number of halogens is 1. The smallest absolute Gasteiger partial charge is 0.331 e. The highest BCUT2D eigenvalue weighted by Gasteiger charge is 2.25. The number of carbonyl (C=O) groups is 2. The lowest BCUT2D eigenvalue weighted by atomic mass is 10.1. The molecule has 1 N–H and O–H groups in total. The Kier molecular flexibility index (Phi) is 7.39. The maximum atomic E-state index is 13.8. The Morgan fingerprint density at radius 2 is 2.00 bits per heavy atom. The fraction of sp³-hybridized carbons (Fsp3) is 0.143. The number of nitrogens with zero attached hydrogens (tertiary/aromatic N) is 2. The van der Waals surface area contributed by atoms with E-state index >= 15 is 0 Å². The number of benzene rings is 2. The summed E-state index contributed by atoms with van der Waals surface area (Å²) in [5.41, 5.74) is 1.38. The maximum Gasteiger partial charge on any atom is 0.331 e. The van der Waals surface area contributed by atoms with Gasteiger partial charge in [-0.2, -0.15) is 5.10 Å². The van der Waals surface area contributed by atoms with Crippen molar-refractivity contribution in [1.82, 2.24) is 5.32 Å². The van der Waals surface area contributed by atoms with Gasteiger partial charge in [-0.1, -0.05) is 12.1 Å². The number of amidine groups is 1. The number of nitrogens with one attached hydrogen (secondary N) is 1. The molecule has 0 unspecified atom stereocenters. The normalized spacial score (nSPS) is 16.0. The number of thioether (sulfide) groups is 1. The van der Waals surface area contributed by atoms with E-state index in [0.29, 0.717) is 16.9 Å². The minimum Gasteiger partial charge on any atom is -0.496 e. The first-order valence-corrected chi connectivity index (χ1v) is 9.76. The molecule has 3 rings (SSSR count). The van der Waals surface area contributed by atoms with Gasteiger partial charge in [0, 0.05) is 11.6 Å². The van der Waals surface area contributed by atoms with E-state index in [1.807, 2.05) is 0 Å². The summed E-state index contributed by atoms with van der Waals surface area (Å²) >= 11 is 0.974. The molecule has 160 valence electrons. The number of ether oxygens (including phenoxy) is 3. The van der Waals surface area contributed by atoms with Crippen molar-refractivity contribution >= 4 is 35.0 Å². The average Bonchev–Trinajstić information content (AvgIpc) is 3.12. The molecule has 31 heavy (non-hydrogen) atoms. The standard InChI is InChI=1S/C21H18FN3O5S/c1-28-16-8-7-13(9-14(16)12-30-17-6-4-3-5-15(17)22)11-23-25-21-24-20(27)18(31-21)10-19(26)29-2/h3-11H,12H2,1-2H3,(H,24,25,27)/b18-10+,23-11?. The van der Waals surface area contributed by atoms with Gasteiger partial charge in [0.25, 0.3) is 5.91 Å². The number of amides is 1. The third kappa shape index (κ3) is 5.92. The Hall–Kier alpha value is -3.66.